The molecule has 0 bridgehead atoms. The van der Waals surface area contributed by atoms with E-state index in [0.717, 1.165) is 52.6 Å². The minimum atomic E-state index is -0.224. The first kappa shape index (κ1) is 26.6. The van der Waals surface area contributed by atoms with Gasteiger partial charge in [0.1, 0.15) is 18.1 Å². The molecule has 0 radical (unpaired) electrons. The van der Waals surface area contributed by atoms with E-state index >= 15 is 0 Å². The van der Waals surface area contributed by atoms with Crippen molar-refractivity contribution in [2.24, 2.45) is 0 Å². The van der Waals surface area contributed by atoms with Crippen molar-refractivity contribution in [2.45, 2.75) is 24.2 Å². The maximum absolute atomic E-state index is 13.8. The molecular weight excluding hydrogens is 544 g/mol. The zero-order valence-electron chi connectivity index (χ0n) is 22.1. The molecule has 2 aliphatic rings. The largest absolute Gasteiger partial charge is 0.497 e. The van der Waals surface area contributed by atoms with E-state index in [1.807, 2.05) is 60.7 Å². The number of thioether (sulfide) groups is 1. The molecule has 2 atom stereocenters. The summed E-state index contributed by atoms with van der Waals surface area (Å²) in [5.41, 5.74) is 3.43. The molecule has 0 aliphatic carbocycles. The number of carbonyl (C=O) groups is 2. The number of nitrogens with one attached hydrogen (secondary N) is 1. The Labute approximate surface area is 241 Å². The third kappa shape index (κ3) is 5.39. The van der Waals surface area contributed by atoms with E-state index < -0.39 is 0 Å². The Kier molecular flexibility index (Phi) is 7.90. The van der Waals surface area contributed by atoms with Gasteiger partial charge in [-0.15, -0.1) is 23.1 Å². The minimum Gasteiger partial charge on any atom is -0.497 e. The summed E-state index contributed by atoms with van der Waals surface area (Å²) in [5, 5.41) is 10.0. The molecule has 6 rings (SSSR count). The van der Waals surface area contributed by atoms with E-state index in [1.54, 1.807) is 39.8 Å². The summed E-state index contributed by atoms with van der Waals surface area (Å²) in [6, 6.07) is 21.7. The van der Waals surface area contributed by atoms with Crippen LogP contribution in [0, 0.1) is 0 Å². The number of hydrogen-bond donors (Lipinski definition) is 1. The standard InChI is InChI=1S/C30H30N4O4S2/c1-37-22-13-11-21(12-14-22)34-30-27(28(32-34)20-7-3-2-4-8-20)29(24-10-6-16-39-24)40-19-26(36)33(30)18-25(35)31-17-23-9-5-15-38-23/h2-4,6-8,10-14,16,23,29H,5,9,15,17-19H2,1H3,(H,31,35)/t23-,29-/m0/s1. The van der Waals surface area contributed by atoms with Crippen LogP contribution >= 0.6 is 23.1 Å². The minimum absolute atomic E-state index is 0.0209. The second-order valence-electron chi connectivity index (χ2n) is 9.69. The highest BCUT2D eigenvalue weighted by atomic mass is 32.2. The summed E-state index contributed by atoms with van der Waals surface area (Å²) in [7, 11) is 1.63. The number of hydrogen-bond acceptors (Lipinski definition) is 7. The van der Waals surface area contributed by atoms with E-state index in [1.165, 1.54) is 0 Å². The molecule has 1 fully saturated rings. The lowest BCUT2D eigenvalue weighted by atomic mass is 10.0. The van der Waals surface area contributed by atoms with Gasteiger partial charge in [0, 0.05) is 29.2 Å². The molecule has 4 heterocycles. The second-order valence-corrected chi connectivity index (χ2v) is 11.8. The topological polar surface area (TPSA) is 85.7 Å². The first-order chi connectivity index (χ1) is 19.6. The van der Waals surface area contributed by atoms with Crippen LogP contribution in [0.1, 0.15) is 28.5 Å². The molecule has 0 unspecified atom stereocenters. The van der Waals surface area contributed by atoms with Crippen molar-refractivity contribution in [3.05, 3.63) is 82.6 Å². The monoisotopic (exact) mass is 574 g/mol. The molecule has 8 nitrogen and oxygen atoms in total. The zero-order chi connectivity index (χ0) is 27.5. The van der Waals surface area contributed by atoms with Gasteiger partial charge >= 0.3 is 0 Å². The lowest BCUT2D eigenvalue weighted by Gasteiger charge is -2.23. The summed E-state index contributed by atoms with van der Waals surface area (Å²) in [5.74, 6) is 1.22. The molecule has 40 heavy (non-hydrogen) atoms. The van der Waals surface area contributed by atoms with Crippen molar-refractivity contribution in [1.82, 2.24) is 15.1 Å². The van der Waals surface area contributed by atoms with Gasteiger partial charge in [0.05, 0.1) is 35.6 Å². The fraction of sp³-hybridized carbons (Fsp3) is 0.300. The number of nitrogens with zero attached hydrogens (tertiary/aromatic N) is 3. The van der Waals surface area contributed by atoms with Gasteiger partial charge in [0.25, 0.3) is 0 Å². The second kappa shape index (κ2) is 11.9. The van der Waals surface area contributed by atoms with Crippen LogP contribution in [0.4, 0.5) is 5.82 Å². The fourth-order valence-electron chi connectivity index (χ4n) is 5.13. The van der Waals surface area contributed by atoms with Crippen molar-refractivity contribution >= 4 is 40.7 Å². The molecular formula is C30H30N4O4S2. The normalized spacial score (nSPS) is 18.8. The molecule has 1 saturated heterocycles. The van der Waals surface area contributed by atoms with Crippen LogP contribution < -0.4 is 15.0 Å². The van der Waals surface area contributed by atoms with Crippen LogP contribution in [0.5, 0.6) is 5.75 Å². The number of anilines is 1. The van der Waals surface area contributed by atoms with Crippen molar-refractivity contribution in [2.75, 3.05) is 37.5 Å². The Morgan fingerprint density at radius 1 is 1.12 bits per heavy atom. The predicted octanol–water partition coefficient (Wildman–Crippen LogP) is 5.07. The zero-order valence-corrected chi connectivity index (χ0v) is 23.7. The Morgan fingerprint density at radius 2 is 1.95 bits per heavy atom. The Hall–Kier alpha value is -3.60. The maximum atomic E-state index is 13.8. The number of aromatic nitrogens is 2. The summed E-state index contributed by atoms with van der Waals surface area (Å²) in [6.07, 6.45) is 1.95. The van der Waals surface area contributed by atoms with Crippen LogP contribution in [0.15, 0.2) is 72.1 Å². The number of amides is 2. The molecule has 2 amide bonds. The van der Waals surface area contributed by atoms with Gasteiger partial charge in [-0.3, -0.25) is 14.5 Å². The lowest BCUT2D eigenvalue weighted by molar-refractivity contribution is -0.123. The third-order valence-electron chi connectivity index (χ3n) is 7.11. The number of rotatable bonds is 8. The highest BCUT2D eigenvalue weighted by molar-refractivity contribution is 8.00. The van der Waals surface area contributed by atoms with Gasteiger partial charge in [-0.25, -0.2) is 4.68 Å². The number of ether oxygens (including phenoxy) is 2. The molecule has 2 aromatic heterocycles. The summed E-state index contributed by atoms with van der Waals surface area (Å²) < 4.78 is 12.9. The van der Waals surface area contributed by atoms with E-state index in [2.05, 4.69) is 16.8 Å². The molecule has 2 aromatic carbocycles. The molecule has 206 valence electrons. The summed E-state index contributed by atoms with van der Waals surface area (Å²) in [4.78, 5) is 29.7. The van der Waals surface area contributed by atoms with Crippen LogP contribution in [0.25, 0.3) is 16.9 Å². The van der Waals surface area contributed by atoms with Gasteiger partial charge in [-0.05, 0) is 48.6 Å². The SMILES string of the molecule is COc1ccc(-n2nc(-c3ccccc3)c3c2N(CC(=O)NC[C@@H]2CCCO2)C(=O)CS[C@H]3c2cccs2)cc1. The van der Waals surface area contributed by atoms with Gasteiger partial charge in [-0.2, -0.15) is 5.10 Å². The molecule has 4 aromatic rings. The van der Waals surface area contributed by atoms with E-state index in [4.69, 9.17) is 14.6 Å². The first-order valence-corrected chi connectivity index (χ1v) is 15.2. The quantitative estimate of drug-likeness (QED) is 0.316. The Morgan fingerprint density at radius 3 is 2.65 bits per heavy atom. The van der Waals surface area contributed by atoms with E-state index in [-0.39, 0.29) is 35.5 Å². The molecule has 0 saturated carbocycles. The molecule has 2 aliphatic heterocycles. The third-order valence-corrected chi connectivity index (χ3v) is 9.43. The van der Waals surface area contributed by atoms with E-state index in [0.29, 0.717) is 12.4 Å². The van der Waals surface area contributed by atoms with Gasteiger partial charge < -0.3 is 14.8 Å². The number of carbonyl (C=O) groups excluding carboxylic acids is 2. The number of benzene rings is 2. The van der Waals surface area contributed by atoms with Gasteiger partial charge in [0.2, 0.25) is 11.8 Å². The maximum Gasteiger partial charge on any atom is 0.240 e. The summed E-state index contributed by atoms with van der Waals surface area (Å²) >= 11 is 3.23. The average molecular weight is 575 g/mol. The smallest absolute Gasteiger partial charge is 0.240 e. The van der Waals surface area contributed by atoms with Crippen molar-refractivity contribution in [3.8, 4) is 22.7 Å². The van der Waals surface area contributed by atoms with Crippen molar-refractivity contribution in [3.63, 3.8) is 0 Å². The van der Waals surface area contributed by atoms with Crippen molar-refractivity contribution < 1.29 is 19.1 Å². The van der Waals surface area contributed by atoms with Crippen LogP contribution in [-0.2, 0) is 14.3 Å². The molecule has 0 spiro atoms. The fourth-order valence-corrected chi connectivity index (χ4v) is 7.30. The average Bonchev–Trinajstić information content (AvgIpc) is 3.77. The van der Waals surface area contributed by atoms with Crippen LogP contribution in [0.2, 0.25) is 0 Å². The molecule has 1 N–H and O–H groups in total. The van der Waals surface area contributed by atoms with Crippen LogP contribution in [0.3, 0.4) is 0 Å². The Bertz CT molecular complexity index is 1470. The predicted molar refractivity (Wildman–Crippen MR) is 159 cm³/mol. The van der Waals surface area contributed by atoms with Gasteiger partial charge in [0.15, 0.2) is 0 Å². The molecule has 10 heteroatoms. The Balaban J connectivity index is 1.49. The highest BCUT2D eigenvalue weighted by Crippen LogP contribution is 2.49. The number of fused-ring (bicyclic) bond motifs is 1. The summed E-state index contributed by atoms with van der Waals surface area (Å²) in [6.45, 7) is 1.05. The van der Waals surface area contributed by atoms with E-state index in [9.17, 15) is 9.59 Å². The first-order valence-electron chi connectivity index (χ1n) is 13.3. The number of thiophene rings is 1. The van der Waals surface area contributed by atoms with Crippen LogP contribution in [-0.4, -0.2) is 60.3 Å². The lowest BCUT2D eigenvalue weighted by Crippen LogP contribution is -2.44. The highest BCUT2D eigenvalue weighted by Gasteiger charge is 2.38. The number of methoxy groups -OCH3 is 1. The van der Waals surface area contributed by atoms with Gasteiger partial charge in [-0.1, -0.05) is 36.4 Å². The van der Waals surface area contributed by atoms with Crippen molar-refractivity contribution in [1.29, 1.82) is 0 Å².